The Hall–Kier alpha value is -2.49. The maximum Gasteiger partial charge on any atom is 0.419 e. The highest BCUT2D eigenvalue weighted by Crippen LogP contribution is 2.22. The molecule has 0 saturated carbocycles. The van der Waals surface area contributed by atoms with Crippen LogP contribution in [0.15, 0.2) is 56.6 Å². The molecule has 3 aromatic rings. The van der Waals surface area contributed by atoms with E-state index in [-0.39, 0.29) is 17.0 Å². The highest BCUT2D eigenvalue weighted by atomic mass is 32.2. The van der Waals surface area contributed by atoms with Crippen molar-refractivity contribution in [3.63, 3.8) is 0 Å². The summed E-state index contributed by atoms with van der Waals surface area (Å²) in [5.74, 6) is -1.02. The molecular weight excluding hydrogens is 375 g/mol. The summed E-state index contributed by atoms with van der Waals surface area (Å²) in [5, 5.41) is 10.5. The van der Waals surface area contributed by atoms with E-state index in [1.54, 1.807) is 6.92 Å². The number of fused-ring (bicyclic) bond motifs is 1. The molecule has 1 aromatic heterocycles. The second kappa shape index (κ2) is 6.91. The van der Waals surface area contributed by atoms with Gasteiger partial charge in [-0.3, -0.25) is 4.57 Å². The van der Waals surface area contributed by atoms with Crippen LogP contribution in [0.5, 0.6) is 0 Å². The van der Waals surface area contributed by atoms with E-state index in [9.17, 15) is 22.7 Å². The van der Waals surface area contributed by atoms with Crippen LogP contribution in [0, 0.1) is 5.82 Å². The molecule has 3 rings (SSSR count). The lowest BCUT2D eigenvalue weighted by Crippen LogP contribution is -2.38. The molecule has 1 unspecified atom stereocenters. The third-order valence-corrected chi connectivity index (χ3v) is 5.74. The van der Waals surface area contributed by atoms with Gasteiger partial charge in [0, 0.05) is 19.2 Å². The molecule has 0 fully saturated rings. The van der Waals surface area contributed by atoms with Crippen molar-refractivity contribution in [1.82, 2.24) is 9.29 Å². The van der Waals surface area contributed by atoms with Crippen LogP contribution in [-0.2, 0) is 22.2 Å². The zero-order valence-electron chi connectivity index (χ0n) is 14.8. The maximum absolute atomic E-state index is 13.0. The van der Waals surface area contributed by atoms with Crippen LogP contribution >= 0.6 is 0 Å². The normalized spacial score (nSPS) is 14.4. The number of rotatable bonds is 6. The van der Waals surface area contributed by atoms with Crippen molar-refractivity contribution in [2.24, 2.45) is 0 Å². The summed E-state index contributed by atoms with van der Waals surface area (Å²) in [6.45, 7) is 3.28. The summed E-state index contributed by atoms with van der Waals surface area (Å²) in [5.41, 5.74) is -0.508. The number of aryl methyl sites for hydroxylation is 1. The van der Waals surface area contributed by atoms with Gasteiger partial charge in [-0.15, -0.1) is 0 Å². The van der Waals surface area contributed by atoms with E-state index >= 15 is 0 Å². The summed E-state index contributed by atoms with van der Waals surface area (Å²) in [6, 6.07) is 9.27. The molecular formula is C18H19FN2O5S. The molecule has 0 amide bonds. The van der Waals surface area contributed by atoms with Gasteiger partial charge in [0.1, 0.15) is 11.4 Å². The Bertz CT molecular complexity index is 1130. The van der Waals surface area contributed by atoms with Gasteiger partial charge in [0.15, 0.2) is 5.58 Å². The number of hydrogen-bond acceptors (Lipinski definition) is 5. The zero-order chi connectivity index (χ0) is 19.8. The molecule has 9 heteroatoms. The fraction of sp³-hybridized carbons (Fsp3) is 0.278. The van der Waals surface area contributed by atoms with Gasteiger partial charge in [-0.25, -0.2) is 22.3 Å². The van der Waals surface area contributed by atoms with E-state index in [1.165, 1.54) is 54.0 Å². The van der Waals surface area contributed by atoms with Crippen LogP contribution in [0.2, 0.25) is 0 Å². The standard InChI is InChI=1S/C18H19FN2O5S/c1-3-21-15-9-8-14(10-16(15)26-17(21)22)27(24,25)20-11-18(2,23)12-4-6-13(19)7-5-12/h4-10,20,23H,3,11H2,1-2H3. The third kappa shape index (κ3) is 3.80. The van der Waals surface area contributed by atoms with Gasteiger partial charge in [0.2, 0.25) is 10.0 Å². The lowest BCUT2D eigenvalue weighted by Gasteiger charge is -2.24. The molecule has 0 radical (unpaired) electrons. The second-order valence-corrected chi connectivity index (χ2v) is 8.11. The molecule has 144 valence electrons. The fourth-order valence-corrected chi connectivity index (χ4v) is 3.89. The minimum Gasteiger partial charge on any atom is -0.408 e. The molecule has 0 saturated heterocycles. The average molecular weight is 394 g/mol. The molecule has 0 spiro atoms. The highest BCUT2D eigenvalue weighted by Gasteiger charge is 2.26. The molecule has 0 aliphatic carbocycles. The van der Waals surface area contributed by atoms with Crippen molar-refractivity contribution in [2.45, 2.75) is 30.9 Å². The van der Waals surface area contributed by atoms with E-state index in [4.69, 9.17) is 4.42 Å². The van der Waals surface area contributed by atoms with E-state index < -0.39 is 27.2 Å². The van der Waals surface area contributed by atoms with Gasteiger partial charge in [0.05, 0.1) is 10.4 Å². The van der Waals surface area contributed by atoms with Crippen molar-refractivity contribution in [3.05, 3.63) is 64.4 Å². The minimum absolute atomic E-state index is 0.0955. The van der Waals surface area contributed by atoms with Crippen LogP contribution in [0.25, 0.3) is 11.1 Å². The number of nitrogens with one attached hydrogen (secondary N) is 1. The van der Waals surface area contributed by atoms with E-state index in [0.717, 1.165) is 0 Å². The fourth-order valence-electron chi connectivity index (χ4n) is 2.74. The maximum atomic E-state index is 13.0. The molecule has 0 aliphatic rings. The first-order valence-electron chi connectivity index (χ1n) is 8.25. The number of aliphatic hydroxyl groups is 1. The van der Waals surface area contributed by atoms with Crippen LogP contribution in [0.4, 0.5) is 4.39 Å². The average Bonchev–Trinajstić information content (AvgIpc) is 2.94. The van der Waals surface area contributed by atoms with E-state index in [2.05, 4.69) is 4.72 Å². The number of oxazole rings is 1. The van der Waals surface area contributed by atoms with Crippen LogP contribution in [0.1, 0.15) is 19.4 Å². The monoisotopic (exact) mass is 394 g/mol. The molecule has 1 heterocycles. The lowest BCUT2D eigenvalue weighted by molar-refractivity contribution is 0.0627. The van der Waals surface area contributed by atoms with Gasteiger partial charge in [-0.2, -0.15) is 0 Å². The summed E-state index contributed by atoms with van der Waals surface area (Å²) >= 11 is 0. The Balaban J connectivity index is 1.85. The van der Waals surface area contributed by atoms with Crippen molar-refractivity contribution in [3.8, 4) is 0 Å². The van der Waals surface area contributed by atoms with Crippen LogP contribution in [0.3, 0.4) is 0 Å². The number of hydrogen-bond donors (Lipinski definition) is 2. The first-order chi connectivity index (χ1) is 12.6. The topological polar surface area (TPSA) is 102 Å². The molecule has 0 aliphatic heterocycles. The summed E-state index contributed by atoms with van der Waals surface area (Å²) < 4.78 is 46.9. The van der Waals surface area contributed by atoms with E-state index in [1.807, 2.05) is 0 Å². The third-order valence-electron chi connectivity index (χ3n) is 4.34. The zero-order valence-corrected chi connectivity index (χ0v) is 15.6. The SMILES string of the molecule is CCn1c(=O)oc2cc(S(=O)(=O)NCC(C)(O)c3ccc(F)cc3)ccc21. The van der Waals surface area contributed by atoms with Crippen molar-refractivity contribution in [1.29, 1.82) is 0 Å². The summed E-state index contributed by atoms with van der Waals surface area (Å²) in [6.07, 6.45) is 0. The molecule has 0 bridgehead atoms. The van der Waals surface area contributed by atoms with E-state index in [0.29, 0.717) is 17.6 Å². The van der Waals surface area contributed by atoms with Gasteiger partial charge < -0.3 is 9.52 Å². The van der Waals surface area contributed by atoms with Gasteiger partial charge in [-0.05, 0) is 43.7 Å². The first-order valence-corrected chi connectivity index (χ1v) is 9.74. The number of sulfonamides is 1. The van der Waals surface area contributed by atoms with Crippen molar-refractivity contribution in [2.75, 3.05) is 6.54 Å². The summed E-state index contributed by atoms with van der Waals surface area (Å²) in [7, 11) is -3.97. The Kier molecular flexibility index (Phi) is 4.94. The predicted molar refractivity (Wildman–Crippen MR) is 97.3 cm³/mol. The Labute approximate surface area is 155 Å². The second-order valence-electron chi connectivity index (χ2n) is 6.35. The van der Waals surface area contributed by atoms with Crippen LogP contribution < -0.4 is 10.5 Å². The molecule has 27 heavy (non-hydrogen) atoms. The number of nitrogens with zero attached hydrogens (tertiary/aromatic N) is 1. The summed E-state index contributed by atoms with van der Waals surface area (Å²) in [4.78, 5) is 11.6. The number of aromatic nitrogens is 1. The number of halogens is 1. The Morgan fingerprint density at radius 2 is 1.89 bits per heavy atom. The first kappa shape index (κ1) is 19.3. The van der Waals surface area contributed by atoms with Gasteiger partial charge in [-0.1, -0.05) is 12.1 Å². The molecule has 2 aromatic carbocycles. The van der Waals surface area contributed by atoms with Crippen LogP contribution in [-0.4, -0.2) is 24.6 Å². The molecule has 7 nitrogen and oxygen atoms in total. The van der Waals surface area contributed by atoms with Gasteiger partial charge >= 0.3 is 5.76 Å². The molecule has 2 N–H and O–H groups in total. The smallest absolute Gasteiger partial charge is 0.408 e. The number of benzene rings is 2. The largest absolute Gasteiger partial charge is 0.419 e. The Morgan fingerprint density at radius 1 is 1.22 bits per heavy atom. The van der Waals surface area contributed by atoms with Gasteiger partial charge in [0.25, 0.3) is 0 Å². The van der Waals surface area contributed by atoms with Crippen molar-refractivity contribution < 1.29 is 22.3 Å². The quantitative estimate of drug-likeness (QED) is 0.665. The Morgan fingerprint density at radius 3 is 2.52 bits per heavy atom. The lowest BCUT2D eigenvalue weighted by atomic mass is 9.96. The minimum atomic E-state index is -3.97. The predicted octanol–water partition coefficient (Wildman–Crippen LogP) is 1.94. The molecule has 1 atom stereocenters. The highest BCUT2D eigenvalue weighted by molar-refractivity contribution is 7.89. The van der Waals surface area contributed by atoms with Crippen molar-refractivity contribution >= 4 is 21.1 Å².